The quantitative estimate of drug-likeness (QED) is 0.771. The summed E-state index contributed by atoms with van der Waals surface area (Å²) in [7, 11) is 1.84. The summed E-state index contributed by atoms with van der Waals surface area (Å²) in [4.78, 5) is 11.2. The number of rotatable bonds is 3. The third-order valence-corrected chi connectivity index (χ3v) is 2.94. The molecule has 19 heavy (non-hydrogen) atoms. The summed E-state index contributed by atoms with van der Waals surface area (Å²) in [5, 5.41) is 18.3. The molecule has 1 aromatic carbocycles. The first-order valence-corrected chi connectivity index (χ1v) is 5.82. The molecule has 2 aromatic heterocycles. The van der Waals surface area contributed by atoms with E-state index in [1.165, 1.54) is 0 Å². The topological polar surface area (TPSA) is 72.9 Å². The molecular formula is C13H12N4O2. The molecule has 0 radical (unpaired) electrons. The maximum absolute atomic E-state index is 11.2. The number of aromatic nitrogens is 4. The lowest BCUT2D eigenvalue weighted by Gasteiger charge is -1.99. The Bertz CT molecular complexity index is 757. The number of carboxylic acid groups (broad SMARTS) is 1. The van der Waals surface area contributed by atoms with Crippen molar-refractivity contribution < 1.29 is 9.90 Å². The van der Waals surface area contributed by atoms with Gasteiger partial charge in [0, 0.05) is 18.6 Å². The Morgan fingerprint density at radius 2 is 2.05 bits per heavy atom. The van der Waals surface area contributed by atoms with Gasteiger partial charge in [-0.25, -0.2) is 4.79 Å². The molecule has 3 aromatic rings. The molecule has 1 N–H and O–H groups in total. The highest BCUT2D eigenvalue weighted by Crippen LogP contribution is 2.19. The van der Waals surface area contributed by atoms with Gasteiger partial charge in [-0.05, 0) is 12.1 Å². The van der Waals surface area contributed by atoms with E-state index in [1.807, 2.05) is 37.5 Å². The van der Waals surface area contributed by atoms with Gasteiger partial charge in [-0.3, -0.25) is 9.36 Å². The monoisotopic (exact) mass is 256 g/mol. The maximum atomic E-state index is 11.2. The fraction of sp³-hybridized carbons (Fsp3) is 0.154. The number of fused-ring (bicyclic) bond motifs is 1. The molecule has 3 rings (SSSR count). The van der Waals surface area contributed by atoms with Gasteiger partial charge in [0.25, 0.3) is 0 Å². The molecule has 0 aliphatic rings. The van der Waals surface area contributed by atoms with E-state index >= 15 is 0 Å². The molecule has 0 saturated carbocycles. The zero-order valence-electron chi connectivity index (χ0n) is 10.3. The van der Waals surface area contributed by atoms with Gasteiger partial charge in [0.05, 0.1) is 17.8 Å². The van der Waals surface area contributed by atoms with Crippen molar-refractivity contribution in [3.05, 3.63) is 47.9 Å². The lowest BCUT2D eigenvalue weighted by Crippen LogP contribution is -2.05. The summed E-state index contributed by atoms with van der Waals surface area (Å²) in [6, 6.07) is 9.18. The van der Waals surface area contributed by atoms with Crippen LogP contribution < -0.4 is 0 Å². The van der Waals surface area contributed by atoms with Crippen molar-refractivity contribution in [2.75, 3.05) is 0 Å². The highest BCUT2D eigenvalue weighted by Gasteiger charge is 2.16. The van der Waals surface area contributed by atoms with Crippen LogP contribution in [0.1, 0.15) is 16.2 Å². The second kappa shape index (κ2) is 4.24. The maximum Gasteiger partial charge on any atom is 0.357 e. The van der Waals surface area contributed by atoms with Crippen LogP contribution in [0.5, 0.6) is 0 Å². The fourth-order valence-corrected chi connectivity index (χ4v) is 2.11. The molecule has 0 bridgehead atoms. The van der Waals surface area contributed by atoms with Crippen LogP contribution in [-0.2, 0) is 13.6 Å². The molecule has 0 spiro atoms. The predicted molar refractivity (Wildman–Crippen MR) is 69.0 cm³/mol. The van der Waals surface area contributed by atoms with Gasteiger partial charge in [-0.1, -0.05) is 18.2 Å². The average molecular weight is 256 g/mol. The predicted octanol–water partition coefficient (Wildman–Crippen LogP) is 1.52. The Balaban J connectivity index is 2.11. The van der Waals surface area contributed by atoms with Crippen LogP contribution in [-0.4, -0.2) is 30.6 Å². The number of hydrogen-bond acceptors (Lipinski definition) is 3. The van der Waals surface area contributed by atoms with Crippen LogP contribution in [0.3, 0.4) is 0 Å². The Kier molecular flexibility index (Phi) is 2.56. The second-order valence-electron chi connectivity index (χ2n) is 4.31. The number of carboxylic acids is 1. The number of carbonyl (C=O) groups is 1. The highest BCUT2D eigenvalue weighted by molar-refractivity contribution is 6.01. The van der Waals surface area contributed by atoms with E-state index in [-0.39, 0.29) is 5.69 Å². The van der Waals surface area contributed by atoms with Crippen molar-refractivity contribution in [1.29, 1.82) is 0 Å². The normalized spacial score (nSPS) is 11.0. The molecule has 6 heteroatoms. The number of hydrogen-bond donors (Lipinski definition) is 1. The van der Waals surface area contributed by atoms with Crippen molar-refractivity contribution >= 4 is 16.9 Å². The Morgan fingerprint density at radius 3 is 2.74 bits per heavy atom. The summed E-state index contributed by atoms with van der Waals surface area (Å²) < 4.78 is 3.38. The molecule has 0 saturated heterocycles. The van der Waals surface area contributed by atoms with Gasteiger partial charge < -0.3 is 5.11 Å². The molecule has 2 heterocycles. The van der Waals surface area contributed by atoms with Gasteiger partial charge >= 0.3 is 5.97 Å². The van der Waals surface area contributed by atoms with Crippen LogP contribution in [0.25, 0.3) is 10.9 Å². The lowest BCUT2D eigenvalue weighted by molar-refractivity contribution is 0.0691. The Hall–Kier alpha value is -2.63. The lowest BCUT2D eigenvalue weighted by atomic mass is 10.2. The van der Waals surface area contributed by atoms with E-state index in [1.54, 1.807) is 15.4 Å². The van der Waals surface area contributed by atoms with Crippen LogP contribution >= 0.6 is 0 Å². The van der Waals surface area contributed by atoms with Gasteiger partial charge in [-0.2, -0.15) is 10.2 Å². The minimum absolute atomic E-state index is 0.0755. The fourth-order valence-electron chi connectivity index (χ4n) is 2.11. The highest BCUT2D eigenvalue weighted by atomic mass is 16.4. The number of benzene rings is 1. The molecular weight excluding hydrogens is 244 g/mol. The Morgan fingerprint density at radius 1 is 1.26 bits per heavy atom. The number of aryl methyl sites for hydroxylation is 1. The Labute approximate surface area is 108 Å². The van der Waals surface area contributed by atoms with Crippen LogP contribution in [0, 0.1) is 0 Å². The molecule has 0 unspecified atom stereocenters. The van der Waals surface area contributed by atoms with Crippen molar-refractivity contribution in [3.8, 4) is 0 Å². The van der Waals surface area contributed by atoms with E-state index in [0.29, 0.717) is 11.9 Å². The average Bonchev–Trinajstić information content (AvgIpc) is 2.95. The van der Waals surface area contributed by atoms with Crippen molar-refractivity contribution in [3.63, 3.8) is 0 Å². The van der Waals surface area contributed by atoms with Gasteiger partial charge in [-0.15, -0.1) is 0 Å². The van der Waals surface area contributed by atoms with Crippen molar-refractivity contribution in [2.45, 2.75) is 6.54 Å². The first-order valence-electron chi connectivity index (χ1n) is 5.82. The van der Waals surface area contributed by atoms with Crippen molar-refractivity contribution in [1.82, 2.24) is 19.6 Å². The molecule has 96 valence electrons. The molecule has 0 amide bonds. The number of aromatic carboxylic acids is 1. The summed E-state index contributed by atoms with van der Waals surface area (Å²) >= 11 is 0. The SMILES string of the molecule is Cn1ccc(Cn2nc(C(=O)O)c3ccccc32)n1. The van der Waals surface area contributed by atoms with E-state index in [2.05, 4.69) is 10.2 Å². The third kappa shape index (κ3) is 1.97. The van der Waals surface area contributed by atoms with Crippen LogP contribution in [0.4, 0.5) is 0 Å². The summed E-state index contributed by atoms with van der Waals surface area (Å²) in [5.41, 5.74) is 1.71. The first-order chi connectivity index (χ1) is 9.15. The standard InChI is InChI=1S/C13H12N4O2/c1-16-7-6-9(14-16)8-17-11-5-3-2-4-10(11)12(15-17)13(18)19/h2-7H,8H2,1H3,(H,18,19). The molecule has 6 nitrogen and oxygen atoms in total. The second-order valence-corrected chi connectivity index (χ2v) is 4.31. The molecule has 0 fully saturated rings. The summed E-state index contributed by atoms with van der Waals surface area (Å²) in [5.74, 6) is -1.02. The van der Waals surface area contributed by atoms with Gasteiger partial charge in [0.15, 0.2) is 5.69 Å². The van der Waals surface area contributed by atoms with Crippen LogP contribution in [0.2, 0.25) is 0 Å². The minimum Gasteiger partial charge on any atom is -0.476 e. The molecule has 0 aliphatic carbocycles. The largest absolute Gasteiger partial charge is 0.476 e. The zero-order valence-corrected chi connectivity index (χ0v) is 10.3. The third-order valence-electron chi connectivity index (χ3n) is 2.94. The van der Waals surface area contributed by atoms with E-state index in [9.17, 15) is 9.90 Å². The van der Waals surface area contributed by atoms with E-state index in [4.69, 9.17) is 0 Å². The zero-order chi connectivity index (χ0) is 13.4. The number of para-hydroxylation sites is 1. The minimum atomic E-state index is -1.02. The van der Waals surface area contributed by atoms with Crippen LogP contribution in [0.15, 0.2) is 36.5 Å². The molecule has 0 atom stereocenters. The van der Waals surface area contributed by atoms with E-state index in [0.717, 1.165) is 11.2 Å². The van der Waals surface area contributed by atoms with E-state index < -0.39 is 5.97 Å². The van der Waals surface area contributed by atoms with Gasteiger partial charge in [0.1, 0.15) is 0 Å². The molecule has 0 aliphatic heterocycles. The first kappa shape index (κ1) is 11.5. The van der Waals surface area contributed by atoms with Gasteiger partial charge in [0.2, 0.25) is 0 Å². The smallest absolute Gasteiger partial charge is 0.357 e. The van der Waals surface area contributed by atoms with Crippen molar-refractivity contribution in [2.24, 2.45) is 7.05 Å². The summed E-state index contributed by atoms with van der Waals surface area (Å²) in [6.45, 7) is 0.453. The number of nitrogens with zero attached hydrogens (tertiary/aromatic N) is 4. The summed E-state index contributed by atoms with van der Waals surface area (Å²) in [6.07, 6.45) is 1.85.